The van der Waals surface area contributed by atoms with Crippen LogP contribution in [0.15, 0.2) is 23.9 Å². The second kappa shape index (κ2) is 8.44. The Morgan fingerprint density at radius 1 is 1.38 bits per heavy atom. The molecule has 0 saturated heterocycles. The number of carbonyl (C=O) groups is 1. The number of hydrogen-bond acceptors (Lipinski definition) is 4. The summed E-state index contributed by atoms with van der Waals surface area (Å²) in [4.78, 5) is 19.8. The highest BCUT2D eigenvalue weighted by Gasteiger charge is 2.20. The zero-order valence-electron chi connectivity index (χ0n) is 12.3. The summed E-state index contributed by atoms with van der Waals surface area (Å²) in [5.41, 5.74) is 1.04. The van der Waals surface area contributed by atoms with Gasteiger partial charge in [0, 0.05) is 24.7 Å². The van der Waals surface area contributed by atoms with Crippen molar-refractivity contribution >= 4 is 11.7 Å². The Bertz CT molecular complexity index is 451. The summed E-state index contributed by atoms with van der Waals surface area (Å²) in [6, 6.07) is 0. The van der Waals surface area contributed by atoms with Crippen LogP contribution in [0, 0.1) is 5.92 Å². The van der Waals surface area contributed by atoms with Gasteiger partial charge >= 0.3 is 5.97 Å². The van der Waals surface area contributed by atoms with Crippen molar-refractivity contribution in [3.05, 3.63) is 18.7 Å². The summed E-state index contributed by atoms with van der Waals surface area (Å²) in [5, 5.41) is 12.9. The molecular formula is C15H23N3O3. The first-order valence-electron chi connectivity index (χ1n) is 7.62. The molecule has 1 aliphatic rings. The lowest BCUT2D eigenvalue weighted by Crippen LogP contribution is -2.23. The van der Waals surface area contributed by atoms with E-state index in [9.17, 15) is 4.79 Å². The van der Waals surface area contributed by atoms with E-state index >= 15 is 0 Å². The summed E-state index contributed by atoms with van der Waals surface area (Å²) >= 11 is 0. The van der Waals surface area contributed by atoms with Gasteiger partial charge in [-0.05, 0) is 19.3 Å². The molecule has 0 spiro atoms. The Labute approximate surface area is 124 Å². The summed E-state index contributed by atoms with van der Waals surface area (Å²) in [7, 11) is 0. The van der Waals surface area contributed by atoms with Crippen molar-refractivity contribution in [1.82, 2.24) is 9.55 Å². The molecule has 116 valence electrons. The second-order valence-electron chi connectivity index (χ2n) is 5.48. The van der Waals surface area contributed by atoms with E-state index in [-0.39, 0.29) is 6.42 Å². The predicted molar refractivity (Wildman–Crippen MR) is 79.1 cm³/mol. The Morgan fingerprint density at radius 2 is 2.19 bits per heavy atom. The third-order valence-corrected chi connectivity index (χ3v) is 3.79. The van der Waals surface area contributed by atoms with Crippen LogP contribution in [0.5, 0.6) is 0 Å². The van der Waals surface area contributed by atoms with E-state index in [2.05, 4.69) is 10.1 Å². The first-order valence-corrected chi connectivity index (χ1v) is 7.62. The van der Waals surface area contributed by atoms with Crippen LogP contribution in [0.25, 0.3) is 0 Å². The molecule has 1 saturated carbocycles. The monoisotopic (exact) mass is 293 g/mol. The normalized spacial score (nSPS) is 16.9. The van der Waals surface area contributed by atoms with Crippen molar-refractivity contribution < 1.29 is 14.7 Å². The highest BCUT2D eigenvalue weighted by molar-refractivity contribution is 5.86. The van der Waals surface area contributed by atoms with E-state index in [1.54, 1.807) is 12.5 Å². The molecule has 0 aliphatic heterocycles. The molecular weight excluding hydrogens is 270 g/mol. The fourth-order valence-electron chi connectivity index (χ4n) is 2.65. The van der Waals surface area contributed by atoms with Gasteiger partial charge in [0.1, 0.15) is 6.61 Å². The van der Waals surface area contributed by atoms with Crippen molar-refractivity contribution in [2.24, 2.45) is 11.1 Å². The molecule has 1 aromatic rings. The van der Waals surface area contributed by atoms with Gasteiger partial charge in [-0.25, -0.2) is 4.98 Å². The highest BCUT2D eigenvalue weighted by Crippen LogP contribution is 2.25. The molecule has 0 atom stereocenters. The lowest BCUT2D eigenvalue weighted by molar-refractivity contribution is -0.137. The minimum Gasteiger partial charge on any atom is -0.481 e. The highest BCUT2D eigenvalue weighted by atomic mass is 16.6. The molecule has 1 aromatic heterocycles. The summed E-state index contributed by atoms with van der Waals surface area (Å²) in [6.45, 7) is 1.05. The summed E-state index contributed by atoms with van der Waals surface area (Å²) < 4.78 is 1.99. The number of nitrogens with zero attached hydrogens (tertiary/aromatic N) is 3. The molecule has 0 bridgehead atoms. The number of rotatable bonds is 8. The van der Waals surface area contributed by atoms with Crippen molar-refractivity contribution in [3.63, 3.8) is 0 Å². The van der Waals surface area contributed by atoms with Gasteiger partial charge in [-0.15, -0.1) is 0 Å². The van der Waals surface area contributed by atoms with E-state index in [1.807, 2.05) is 10.8 Å². The Balaban J connectivity index is 1.88. The van der Waals surface area contributed by atoms with Crippen LogP contribution in [0.1, 0.15) is 44.9 Å². The van der Waals surface area contributed by atoms with Gasteiger partial charge in [0.25, 0.3) is 0 Å². The van der Waals surface area contributed by atoms with Crippen LogP contribution in [0.3, 0.4) is 0 Å². The predicted octanol–water partition coefficient (Wildman–Crippen LogP) is 2.70. The molecule has 1 heterocycles. The summed E-state index contributed by atoms with van der Waals surface area (Å²) in [5.74, 6) is -0.325. The van der Waals surface area contributed by atoms with Crippen LogP contribution in [0.4, 0.5) is 0 Å². The number of hydrogen-bond donors (Lipinski definition) is 1. The molecule has 0 radical (unpaired) electrons. The lowest BCUT2D eigenvalue weighted by Gasteiger charge is -2.23. The molecule has 0 amide bonds. The van der Waals surface area contributed by atoms with Crippen molar-refractivity contribution in [3.8, 4) is 0 Å². The second-order valence-corrected chi connectivity index (χ2v) is 5.48. The Morgan fingerprint density at radius 3 is 2.86 bits per heavy atom. The molecule has 1 fully saturated rings. The third-order valence-electron chi connectivity index (χ3n) is 3.79. The lowest BCUT2D eigenvalue weighted by atomic mass is 9.86. The van der Waals surface area contributed by atoms with Crippen LogP contribution >= 0.6 is 0 Å². The largest absolute Gasteiger partial charge is 0.481 e. The minimum atomic E-state index is -0.798. The fourth-order valence-corrected chi connectivity index (χ4v) is 2.65. The topological polar surface area (TPSA) is 76.7 Å². The van der Waals surface area contributed by atoms with Crippen LogP contribution in [0.2, 0.25) is 0 Å². The number of aliphatic carboxylic acids is 1. The van der Waals surface area contributed by atoms with Gasteiger partial charge < -0.3 is 14.5 Å². The first-order chi connectivity index (χ1) is 10.3. The minimum absolute atomic E-state index is 0.121. The van der Waals surface area contributed by atoms with Crippen LogP contribution < -0.4 is 0 Å². The molecule has 21 heavy (non-hydrogen) atoms. The van der Waals surface area contributed by atoms with Gasteiger partial charge in [-0.2, -0.15) is 0 Å². The SMILES string of the molecule is O=C(O)CCCON=C(Cn1ccnc1)C1CCCCC1. The Hall–Kier alpha value is -1.85. The number of aromatic nitrogens is 2. The molecule has 6 heteroatoms. The van der Waals surface area contributed by atoms with E-state index in [4.69, 9.17) is 9.94 Å². The standard InChI is InChI=1S/C15H23N3O3/c19-15(20)7-4-10-21-17-14(11-18-9-8-16-12-18)13-5-2-1-3-6-13/h8-9,12-13H,1-7,10-11H2,(H,19,20). The number of carboxylic acids is 1. The molecule has 2 rings (SSSR count). The van der Waals surface area contributed by atoms with Gasteiger partial charge in [0.2, 0.25) is 0 Å². The number of carboxylic acid groups (broad SMARTS) is 1. The maximum Gasteiger partial charge on any atom is 0.303 e. The molecule has 0 aromatic carbocycles. The first kappa shape index (κ1) is 15.5. The maximum absolute atomic E-state index is 10.5. The zero-order chi connectivity index (χ0) is 14.9. The van der Waals surface area contributed by atoms with E-state index in [0.717, 1.165) is 18.6 Å². The quantitative estimate of drug-likeness (QED) is 0.454. The van der Waals surface area contributed by atoms with E-state index in [0.29, 0.717) is 25.5 Å². The Kier molecular flexibility index (Phi) is 6.24. The maximum atomic E-state index is 10.5. The van der Waals surface area contributed by atoms with E-state index < -0.39 is 5.97 Å². The smallest absolute Gasteiger partial charge is 0.303 e. The van der Waals surface area contributed by atoms with Gasteiger partial charge in [-0.1, -0.05) is 24.4 Å². The van der Waals surface area contributed by atoms with Crippen LogP contribution in [-0.2, 0) is 16.2 Å². The fraction of sp³-hybridized carbons (Fsp3) is 0.667. The molecule has 6 nitrogen and oxygen atoms in total. The number of oxime groups is 1. The van der Waals surface area contributed by atoms with Crippen molar-refractivity contribution in [2.75, 3.05) is 6.61 Å². The van der Waals surface area contributed by atoms with Crippen molar-refractivity contribution in [2.45, 2.75) is 51.5 Å². The molecule has 1 aliphatic carbocycles. The van der Waals surface area contributed by atoms with Crippen molar-refractivity contribution in [1.29, 1.82) is 0 Å². The van der Waals surface area contributed by atoms with Gasteiger partial charge in [0.15, 0.2) is 0 Å². The van der Waals surface area contributed by atoms with E-state index in [1.165, 1.54) is 19.3 Å². The zero-order valence-corrected chi connectivity index (χ0v) is 12.3. The summed E-state index contributed by atoms with van der Waals surface area (Å²) in [6.07, 6.45) is 12.2. The van der Waals surface area contributed by atoms with Gasteiger partial charge in [0.05, 0.1) is 18.6 Å². The average Bonchev–Trinajstić information content (AvgIpc) is 2.99. The number of imidazole rings is 1. The van der Waals surface area contributed by atoms with Crippen LogP contribution in [-0.4, -0.2) is 32.9 Å². The average molecular weight is 293 g/mol. The third kappa shape index (κ3) is 5.57. The molecule has 0 unspecified atom stereocenters. The molecule has 1 N–H and O–H groups in total. The van der Waals surface area contributed by atoms with Gasteiger partial charge in [-0.3, -0.25) is 4.79 Å².